The van der Waals surface area contributed by atoms with Crippen LogP contribution in [-0.2, 0) is 26.2 Å². The van der Waals surface area contributed by atoms with Crippen LogP contribution in [0.5, 0.6) is 0 Å². The molecule has 3 aromatic rings. The number of rotatable bonds is 9. The minimum absolute atomic E-state index is 0.0938. The van der Waals surface area contributed by atoms with E-state index in [1.165, 1.54) is 18.0 Å². The summed E-state index contributed by atoms with van der Waals surface area (Å²) >= 11 is 3.43. The number of nitrogens with one attached hydrogen (secondary N) is 1. The third-order valence-electron chi connectivity index (χ3n) is 5.63. The molecule has 7 nitrogen and oxygen atoms in total. The molecule has 0 bridgehead atoms. The first kappa shape index (κ1) is 26.8. The van der Waals surface area contributed by atoms with Crippen molar-refractivity contribution < 1.29 is 18.0 Å². The van der Waals surface area contributed by atoms with Gasteiger partial charge in [0, 0.05) is 24.1 Å². The fourth-order valence-corrected chi connectivity index (χ4v) is 5.30. The molecule has 9 heteroatoms. The Morgan fingerprint density at radius 1 is 0.943 bits per heavy atom. The summed E-state index contributed by atoms with van der Waals surface area (Å²) in [6, 6.07) is 18.9. The van der Waals surface area contributed by atoms with E-state index in [-0.39, 0.29) is 23.4 Å². The number of carbonyl (C=O) groups is 2. The maximum atomic E-state index is 13.4. The molecule has 0 heterocycles. The van der Waals surface area contributed by atoms with Crippen molar-refractivity contribution in [1.82, 2.24) is 14.5 Å². The molecule has 0 saturated carbocycles. The topological polar surface area (TPSA) is 86.8 Å². The Hall–Kier alpha value is -2.75. The smallest absolute Gasteiger partial charge is 0.243 e. The van der Waals surface area contributed by atoms with E-state index in [0.29, 0.717) is 0 Å². The molecule has 0 aliphatic carbocycles. The highest BCUT2D eigenvalue weighted by Crippen LogP contribution is 2.22. The van der Waals surface area contributed by atoms with Gasteiger partial charge in [0.05, 0.1) is 11.4 Å². The fourth-order valence-electron chi connectivity index (χ4n) is 3.69. The lowest BCUT2D eigenvalue weighted by Crippen LogP contribution is -2.51. The molecule has 1 unspecified atom stereocenters. The number of hydrogen-bond donors (Lipinski definition) is 1. The van der Waals surface area contributed by atoms with Crippen LogP contribution in [0.25, 0.3) is 10.8 Å². The van der Waals surface area contributed by atoms with Crippen LogP contribution < -0.4 is 5.32 Å². The van der Waals surface area contributed by atoms with Gasteiger partial charge in [-0.1, -0.05) is 58.4 Å². The highest BCUT2D eigenvalue weighted by atomic mass is 79.9. The molecular formula is C26H30BrN3O4S. The van der Waals surface area contributed by atoms with E-state index < -0.39 is 28.5 Å². The molecular weight excluding hydrogens is 530 g/mol. The number of likely N-dealkylation sites (N-methyl/N-ethyl adjacent to an activating group) is 1. The second-order valence-electron chi connectivity index (χ2n) is 8.76. The van der Waals surface area contributed by atoms with Gasteiger partial charge >= 0.3 is 0 Å². The van der Waals surface area contributed by atoms with Gasteiger partial charge in [0.25, 0.3) is 0 Å². The molecule has 0 aliphatic heterocycles. The van der Waals surface area contributed by atoms with Crippen LogP contribution in [0.4, 0.5) is 0 Å². The van der Waals surface area contributed by atoms with Crippen LogP contribution >= 0.6 is 15.9 Å². The predicted molar refractivity (Wildman–Crippen MR) is 141 cm³/mol. The lowest BCUT2D eigenvalue weighted by Gasteiger charge is -2.31. The van der Waals surface area contributed by atoms with Gasteiger partial charge in [0.15, 0.2) is 0 Å². The molecule has 0 saturated heterocycles. The van der Waals surface area contributed by atoms with Gasteiger partial charge in [-0.3, -0.25) is 9.59 Å². The van der Waals surface area contributed by atoms with E-state index in [1.54, 1.807) is 19.1 Å². The molecule has 186 valence electrons. The lowest BCUT2D eigenvalue weighted by molar-refractivity contribution is -0.140. The molecule has 0 aliphatic rings. The third-order valence-corrected chi connectivity index (χ3v) is 7.92. The van der Waals surface area contributed by atoms with Crippen LogP contribution in [-0.4, -0.2) is 55.1 Å². The number of benzene rings is 3. The zero-order valence-electron chi connectivity index (χ0n) is 20.2. The summed E-state index contributed by atoms with van der Waals surface area (Å²) in [4.78, 5) is 27.6. The normalized spacial score (nSPS) is 12.7. The Morgan fingerprint density at radius 2 is 1.63 bits per heavy atom. The van der Waals surface area contributed by atoms with Crippen molar-refractivity contribution in [3.63, 3.8) is 0 Å². The number of carbonyl (C=O) groups excluding carboxylic acids is 2. The summed E-state index contributed by atoms with van der Waals surface area (Å²) < 4.78 is 28.4. The quantitative estimate of drug-likeness (QED) is 0.426. The monoisotopic (exact) mass is 559 g/mol. The average Bonchev–Trinajstić information content (AvgIpc) is 2.81. The first-order chi connectivity index (χ1) is 16.5. The number of amides is 2. The van der Waals surface area contributed by atoms with Crippen LogP contribution in [0.2, 0.25) is 0 Å². The SMILES string of the molecule is CC(C)NC(=O)C(C)N(Cc1cccc(Br)c1)C(=O)CN(C)S(=O)(=O)c1ccc2ccccc2c1. The highest BCUT2D eigenvalue weighted by Gasteiger charge is 2.30. The van der Waals surface area contributed by atoms with E-state index in [0.717, 1.165) is 25.1 Å². The summed E-state index contributed by atoms with van der Waals surface area (Å²) in [5.41, 5.74) is 0.817. The van der Waals surface area contributed by atoms with Crippen molar-refractivity contribution in [1.29, 1.82) is 0 Å². The van der Waals surface area contributed by atoms with E-state index >= 15 is 0 Å². The number of halogens is 1. The average molecular weight is 561 g/mol. The molecule has 1 N–H and O–H groups in total. The van der Waals surface area contributed by atoms with E-state index in [4.69, 9.17) is 0 Å². The van der Waals surface area contributed by atoms with Crippen LogP contribution in [0.15, 0.2) is 76.1 Å². The van der Waals surface area contributed by atoms with Crippen LogP contribution in [0.1, 0.15) is 26.3 Å². The second-order valence-corrected chi connectivity index (χ2v) is 11.7. The maximum absolute atomic E-state index is 13.4. The zero-order valence-corrected chi connectivity index (χ0v) is 22.6. The number of sulfonamides is 1. The molecule has 2 amide bonds. The Labute approximate surface area is 215 Å². The van der Waals surface area contributed by atoms with Gasteiger partial charge in [-0.05, 0) is 61.4 Å². The van der Waals surface area contributed by atoms with Crippen LogP contribution in [0, 0.1) is 0 Å². The molecule has 3 aromatic carbocycles. The lowest BCUT2D eigenvalue weighted by atomic mass is 10.1. The largest absolute Gasteiger partial charge is 0.352 e. The van der Waals surface area contributed by atoms with Crippen molar-refractivity contribution >= 4 is 48.5 Å². The van der Waals surface area contributed by atoms with E-state index in [9.17, 15) is 18.0 Å². The Balaban J connectivity index is 1.85. The standard InChI is InChI=1S/C26H30BrN3O4S/c1-18(2)28-26(32)19(3)30(16-20-8-7-11-23(27)14-20)25(31)17-29(4)35(33,34)24-13-12-21-9-5-6-10-22(21)15-24/h5-15,18-19H,16-17H2,1-4H3,(H,28,32). The van der Waals surface area contributed by atoms with Gasteiger partial charge in [0.2, 0.25) is 21.8 Å². The molecule has 35 heavy (non-hydrogen) atoms. The molecule has 1 atom stereocenters. The highest BCUT2D eigenvalue weighted by molar-refractivity contribution is 9.10. The second kappa shape index (κ2) is 11.3. The molecule has 3 rings (SSSR count). The summed E-state index contributed by atoms with van der Waals surface area (Å²) in [5.74, 6) is -0.772. The molecule has 0 fully saturated rings. The van der Waals surface area contributed by atoms with Crippen molar-refractivity contribution in [2.45, 2.75) is 44.3 Å². The van der Waals surface area contributed by atoms with Crippen molar-refractivity contribution in [2.24, 2.45) is 0 Å². The van der Waals surface area contributed by atoms with E-state index in [2.05, 4.69) is 21.2 Å². The van der Waals surface area contributed by atoms with Gasteiger partial charge in [-0.25, -0.2) is 8.42 Å². The summed E-state index contributed by atoms with van der Waals surface area (Å²) in [6.45, 7) is 5.09. The molecule has 0 radical (unpaired) electrons. The number of hydrogen-bond acceptors (Lipinski definition) is 4. The van der Waals surface area contributed by atoms with E-state index in [1.807, 2.05) is 62.4 Å². The van der Waals surface area contributed by atoms with Crippen LogP contribution in [0.3, 0.4) is 0 Å². The first-order valence-corrected chi connectivity index (χ1v) is 13.5. The Kier molecular flexibility index (Phi) is 8.69. The van der Waals surface area contributed by atoms with Gasteiger partial charge in [-0.15, -0.1) is 0 Å². The van der Waals surface area contributed by atoms with Gasteiger partial charge in [-0.2, -0.15) is 4.31 Å². The van der Waals surface area contributed by atoms with Crippen molar-refractivity contribution in [3.8, 4) is 0 Å². The minimum Gasteiger partial charge on any atom is -0.352 e. The summed E-state index contributed by atoms with van der Waals surface area (Å²) in [6.07, 6.45) is 0. The maximum Gasteiger partial charge on any atom is 0.243 e. The Bertz CT molecular complexity index is 1330. The number of nitrogens with zero attached hydrogens (tertiary/aromatic N) is 2. The predicted octanol–water partition coefficient (Wildman–Crippen LogP) is 4.16. The molecule has 0 aromatic heterocycles. The summed E-state index contributed by atoms with van der Waals surface area (Å²) in [7, 11) is -2.55. The fraction of sp³-hybridized carbons (Fsp3) is 0.308. The van der Waals surface area contributed by atoms with Gasteiger partial charge in [0.1, 0.15) is 6.04 Å². The third kappa shape index (κ3) is 6.68. The molecule has 0 spiro atoms. The van der Waals surface area contributed by atoms with Gasteiger partial charge < -0.3 is 10.2 Å². The minimum atomic E-state index is -3.93. The Morgan fingerprint density at radius 3 is 2.29 bits per heavy atom. The van der Waals surface area contributed by atoms with Crippen molar-refractivity contribution in [2.75, 3.05) is 13.6 Å². The zero-order chi connectivity index (χ0) is 25.8. The first-order valence-electron chi connectivity index (χ1n) is 11.3. The summed E-state index contributed by atoms with van der Waals surface area (Å²) in [5, 5.41) is 4.55. The van der Waals surface area contributed by atoms with Crippen molar-refractivity contribution in [3.05, 3.63) is 76.8 Å². The number of fused-ring (bicyclic) bond motifs is 1.